The summed E-state index contributed by atoms with van der Waals surface area (Å²) in [5.74, 6) is -0.774. The number of thiophene rings is 1. The first-order chi connectivity index (χ1) is 14.0. The number of rotatable bonds is 8. The first-order valence-electron chi connectivity index (χ1n) is 8.77. The molecule has 2 N–H and O–H groups in total. The Morgan fingerprint density at radius 2 is 2.03 bits per heavy atom. The monoisotopic (exact) mass is 450 g/mol. The van der Waals surface area contributed by atoms with Gasteiger partial charge in [-0.05, 0) is 30.9 Å². The zero-order valence-electron chi connectivity index (χ0n) is 15.8. The van der Waals surface area contributed by atoms with Crippen molar-refractivity contribution in [3.63, 3.8) is 0 Å². The Morgan fingerprint density at radius 1 is 1.28 bits per heavy atom. The SMILES string of the molecule is CCOC(=O)c1sc2nc(SC)ncc2c1NC(=O)CNCc1ccc(Cl)cc1. The van der Waals surface area contributed by atoms with Crippen LogP contribution in [0.25, 0.3) is 10.2 Å². The molecule has 10 heteroatoms. The zero-order chi connectivity index (χ0) is 20.8. The highest BCUT2D eigenvalue weighted by molar-refractivity contribution is 7.98. The van der Waals surface area contributed by atoms with Gasteiger partial charge in [0.1, 0.15) is 9.71 Å². The second-order valence-corrected chi connectivity index (χ2v) is 8.09. The Bertz CT molecular complexity index is 1020. The first-order valence-corrected chi connectivity index (χ1v) is 11.2. The molecule has 0 fully saturated rings. The molecule has 0 radical (unpaired) electrons. The summed E-state index contributed by atoms with van der Waals surface area (Å²) in [7, 11) is 0. The Balaban J connectivity index is 1.74. The lowest BCUT2D eigenvalue weighted by molar-refractivity contribution is -0.115. The fraction of sp³-hybridized carbons (Fsp3) is 0.263. The molecule has 1 aromatic carbocycles. The van der Waals surface area contributed by atoms with Crippen LogP contribution in [0, 0.1) is 0 Å². The van der Waals surface area contributed by atoms with Crippen molar-refractivity contribution in [2.24, 2.45) is 0 Å². The third kappa shape index (κ3) is 5.45. The van der Waals surface area contributed by atoms with E-state index in [1.807, 2.05) is 18.4 Å². The van der Waals surface area contributed by atoms with Gasteiger partial charge in [0.25, 0.3) is 0 Å². The number of halogens is 1. The fourth-order valence-electron chi connectivity index (χ4n) is 2.54. The van der Waals surface area contributed by atoms with Crippen molar-refractivity contribution >= 4 is 62.5 Å². The maximum atomic E-state index is 12.5. The van der Waals surface area contributed by atoms with Crippen LogP contribution >= 0.6 is 34.7 Å². The maximum Gasteiger partial charge on any atom is 0.350 e. The number of carbonyl (C=O) groups is 2. The Labute approximate surface area is 181 Å². The summed E-state index contributed by atoms with van der Waals surface area (Å²) in [4.78, 5) is 34.4. The minimum absolute atomic E-state index is 0.0754. The molecule has 3 rings (SSSR count). The van der Waals surface area contributed by atoms with Crippen molar-refractivity contribution in [1.29, 1.82) is 0 Å². The van der Waals surface area contributed by atoms with Crippen LogP contribution in [-0.4, -0.2) is 41.3 Å². The minimum Gasteiger partial charge on any atom is -0.462 e. The van der Waals surface area contributed by atoms with E-state index in [0.29, 0.717) is 37.5 Å². The van der Waals surface area contributed by atoms with Crippen molar-refractivity contribution < 1.29 is 14.3 Å². The molecule has 0 spiro atoms. The van der Waals surface area contributed by atoms with Gasteiger partial charge in [0.15, 0.2) is 5.16 Å². The Morgan fingerprint density at radius 3 is 2.72 bits per heavy atom. The molecule has 0 bridgehead atoms. The number of nitrogens with one attached hydrogen (secondary N) is 2. The van der Waals surface area contributed by atoms with Crippen LogP contribution in [0.4, 0.5) is 5.69 Å². The molecule has 0 saturated heterocycles. The number of hydrogen-bond acceptors (Lipinski definition) is 8. The molecule has 0 aliphatic rings. The van der Waals surface area contributed by atoms with Gasteiger partial charge in [-0.25, -0.2) is 14.8 Å². The summed E-state index contributed by atoms with van der Waals surface area (Å²) in [6.07, 6.45) is 3.49. The maximum absolute atomic E-state index is 12.5. The second-order valence-electron chi connectivity index (χ2n) is 5.88. The molecule has 2 heterocycles. The number of thioether (sulfide) groups is 1. The summed E-state index contributed by atoms with van der Waals surface area (Å²) in [5, 5.41) is 7.75. The number of benzene rings is 1. The van der Waals surface area contributed by atoms with Crippen molar-refractivity contribution in [1.82, 2.24) is 15.3 Å². The summed E-state index contributed by atoms with van der Waals surface area (Å²) in [6, 6.07) is 7.37. The zero-order valence-corrected chi connectivity index (χ0v) is 18.2. The molecule has 1 amide bonds. The van der Waals surface area contributed by atoms with Crippen LogP contribution in [-0.2, 0) is 16.1 Å². The van der Waals surface area contributed by atoms with Crippen molar-refractivity contribution in [2.45, 2.75) is 18.6 Å². The number of esters is 1. The number of aromatic nitrogens is 2. The summed E-state index contributed by atoms with van der Waals surface area (Å²) >= 11 is 8.46. The normalized spacial score (nSPS) is 10.9. The molecule has 0 saturated carbocycles. The van der Waals surface area contributed by atoms with E-state index < -0.39 is 5.97 Å². The highest BCUT2D eigenvalue weighted by Crippen LogP contribution is 2.35. The van der Waals surface area contributed by atoms with Crippen LogP contribution in [0.15, 0.2) is 35.6 Å². The average Bonchev–Trinajstić information content (AvgIpc) is 3.07. The molecule has 152 valence electrons. The predicted molar refractivity (Wildman–Crippen MR) is 117 cm³/mol. The van der Waals surface area contributed by atoms with Gasteiger partial charge in [-0.1, -0.05) is 35.5 Å². The molecule has 0 unspecified atom stereocenters. The lowest BCUT2D eigenvalue weighted by atomic mass is 10.2. The van der Waals surface area contributed by atoms with Crippen LogP contribution in [0.5, 0.6) is 0 Å². The predicted octanol–water partition coefficient (Wildman–Crippen LogP) is 3.97. The number of fused-ring (bicyclic) bond motifs is 1. The number of ether oxygens (including phenoxy) is 1. The van der Waals surface area contributed by atoms with E-state index >= 15 is 0 Å². The Hall–Kier alpha value is -2.20. The fourth-order valence-corrected chi connectivity index (χ4v) is 4.06. The lowest BCUT2D eigenvalue weighted by Crippen LogP contribution is -2.28. The van der Waals surface area contributed by atoms with E-state index in [1.165, 1.54) is 23.1 Å². The highest BCUT2D eigenvalue weighted by Gasteiger charge is 2.22. The molecule has 3 aromatic rings. The largest absolute Gasteiger partial charge is 0.462 e. The summed E-state index contributed by atoms with van der Waals surface area (Å²) < 4.78 is 5.13. The van der Waals surface area contributed by atoms with Crippen LogP contribution in [0.1, 0.15) is 22.2 Å². The van der Waals surface area contributed by atoms with Crippen LogP contribution in [0.3, 0.4) is 0 Å². The minimum atomic E-state index is -0.495. The third-order valence-corrected chi connectivity index (χ3v) is 5.76. The van der Waals surface area contributed by atoms with Crippen molar-refractivity contribution in [2.75, 3.05) is 24.7 Å². The number of nitrogens with zero attached hydrogens (tertiary/aromatic N) is 2. The van der Waals surface area contributed by atoms with Gasteiger partial charge in [0.05, 0.1) is 24.2 Å². The van der Waals surface area contributed by atoms with E-state index in [0.717, 1.165) is 5.56 Å². The second kappa shape index (κ2) is 10.0. The van der Waals surface area contributed by atoms with E-state index in [-0.39, 0.29) is 19.1 Å². The van der Waals surface area contributed by atoms with Crippen molar-refractivity contribution in [3.8, 4) is 0 Å². The Kier molecular flexibility index (Phi) is 7.43. The number of hydrogen-bond donors (Lipinski definition) is 2. The van der Waals surface area contributed by atoms with Gasteiger partial charge < -0.3 is 15.4 Å². The van der Waals surface area contributed by atoms with Gasteiger partial charge in [-0.2, -0.15) is 0 Å². The molecule has 7 nitrogen and oxygen atoms in total. The number of amides is 1. The molecule has 0 aliphatic heterocycles. The van der Waals surface area contributed by atoms with E-state index in [1.54, 1.807) is 25.3 Å². The van der Waals surface area contributed by atoms with Crippen LogP contribution in [0.2, 0.25) is 5.02 Å². The van der Waals surface area contributed by atoms with Gasteiger partial charge in [-0.15, -0.1) is 11.3 Å². The molecular formula is C19H19ClN4O3S2. The van der Waals surface area contributed by atoms with E-state index in [4.69, 9.17) is 16.3 Å². The average molecular weight is 451 g/mol. The summed E-state index contributed by atoms with van der Waals surface area (Å²) in [5.41, 5.74) is 1.39. The lowest BCUT2D eigenvalue weighted by Gasteiger charge is -2.08. The quantitative estimate of drug-likeness (QED) is 0.304. The smallest absolute Gasteiger partial charge is 0.350 e. The van der Waals surface area contributed by atoms with Gasteiger partial charge in [0, 0.05) is 17.8 Å². The van der Waals surface area contributed by atoms with Crippen LogP contribution < -0.4 is 10.6 Å². The van der Waals surface area contributed by atoms with Gasteiger partial charge in [-0.3, -0.25) is 4.79 Å². The molecule has 2 aromatic heterocycles. The van der Waals surface area contributed by atoms with Crippen molar-refractivity contribution in [3.05, 3.63) is 45.9 Å². The topological polar surface area (TPSA) is 93.2 Å². The molecule has 29 heavy (non-hydrogen) atoms. The highest BCUT2D eigenvalue weighted by atomic mass is 35.5. The van der Waals surface area contributed by atoms with E-state index in [9.17, 15) is 9.59 Å². The molecular weight excluding hydrogens is 432 g/mol. The molecule has 0 atom stereocenters. The summed E-state index contributed by atoms with van der Waals surface area (Å²) in [6.45, 7) is 2.56. The number of anilines is 1. The van der Waals surface area contributed by atoms with Gasteiger partial charge in [0.2, 0.25) is 5.91 Å². The number of carbonyl (C=O) groups excluding carboxylic acids is 2. The first kappa shape index (κ1) is 21.5. The standard InChI is InChI=1S/C19H19ClN4O3S2/c1-3-27-18(26)16-15(13-9-22-19(28-2)24-17(13)29-16)23-14(25)10-21-8-11-4-6-12(20)7-5-11/h4-7,9,21H,3,8,10H2,1-2H3,(H,23,25). The third-order valence-electron chi connectivity index (χ3n) is 3.86. The van der Waals surface area contributed by atoms with E-state index in [2.05, 4.69) is 20.6 Å². The van der Waals surface area contributed by atoms with Gasteiger partial charge >= 0.3 is 5.97 Å². The molecule has 0 aliphatic carbocycles.